The van der Waals surface area contributed by atoms with Gasteiger partial charge >= 0.3 is 0 Å². The summed E-state index contributed by atoms with van der Waals surface area (Å²) >= 11 is 0. The number of hydrogen-bond donors (Lipinski definition) is 0. The van der Waals surface area contributed by atoms with Crippen molar-refractivity contribution in [2.24, 2.45) is 0 Å². The van der Waals surface area contributed by atoms with E-state index >= 15 is 0 Å². The summed E-state index contributed by atoms with van der Waals surface area (Å²) in [5.41, 5.74) is 1.71. The third-order valence-electron chi connectivity index (χ3n) is 4.28. The maximum Gasteiger partial charge on any atom is 0.243 e. The lowest BCUT2D eigenvalue weighted by Gasteiger charge is -2.21. The lowest BCUT2D eigenvalue weighted by Crippen LogP contribution is -2.26. The van der Waals surface area contributed by atoms with Gasteiger partial charge in [-0.05, 0) is 24.3 Å². The Morgan fingerprint density at radius 3 is 2.59 bits per heavy atom. The van der Waals surface area contributed by atoms with Crippen LogP contribution in [-0.4, -0.2) is 42.8 Å². The first-order valence-electron chi connectivity index (χ1n) is 8.49. The third-order valence-corrected chi connectivity index (χ3v) is 6.08. The van der Waals surface area contributed by atoms with Crippen molar-refractivity contribution in [3.05, 3.63) is 66.5 Å². The molecule has 0 saturated heterocycles. The molecule has 0 spiro atoms. The van der Waals surface area contributed by atoms with Crippen LogP contribution in [0.1, 0.15) is 5.56 Å². The molecule has 0 radical (unpaired) electrons. The molecule has 0 saturated carbocycles. The summed E-state index contributed by atoms with van der Waals surface area (Å²) in [6.07, 6.45) is 3.49. The summed E-state index contributed by atoms with van der Waals surface area (Å²) in [5.74, 6) is 1.01. The molecule has 0 N–H and O–H groups in total. The van der Waals surface area contributed by atoms with Gasteiger partial charge in [-0.3, -0.25) is 0 Å². The van der Waals surface area contributed by atoms with E-state index in [0.717, 1.165) is 11.3 Å². The molecule has 140 valence electrons. The molecule has 0 fully saturated rings. The van der Waals surface area contributed by atoms with Crippen LogP contribution in [0.15, 0.2) is 65.8 Å². The molecular formula is C19H19N3O4S. The van der Waals surface area contributed by atoms with Gasteiger partial charge < -0.3 is 9.47 Å². The van der Waals surface area contributed by atoms with Gasteiger partial charge in [0.25, 0.3) is 0 Å². The molecule has 1 aromatic heterocycles. The van der Waals surface area contributed by atoms with Gasteiger partial charge in [0, 0.05) is 31.4 Å². The maximum atomic E-state index is 12.9. The van der Waals surface area contributed by atoms with E-state index in [1.54, 1.807) is 24.0 Å². The van der Waals surface area contributed by atoms with Gasteiger partial charge in [-0.15, -0.1) is 0 Å². The molecule has 27 heavy (non-hydrogen) atoms. The summed E-state index contributed by atoms with van der Waals surface area (Å²) < 4.78 is 39.8. The quantitative estimate of drug-likeness (QED) is 0.675. The summed E-state index contributed by atoms with van der Waals surface area (Å²) in [5, 5.41) is 4.31. The monoisotopic (exact) mass is 385 g/mol. The Bertz CT molecular complexity index is 1050. The number of ether oxygens (including phenoxy) is 2. The van der Waals surface area contributed by atoms with Crippen LogP contribution in [-0.2, 0) is 16.6 Å². The van der Waals surface area contributed by atoms with Crippen LogP contribution in [0.2, 0.25) is 0 Å². The smallest absolute Gasteiger partial charge is 0.243 e. The van der Waals surface area contributed by atoms with Crippen LogP contribution < -0.4 is 9.47 Å². The minimum Gasteiger partial charge on any atom is -0.486 e. The summed E-state index contributed by atoms with van der Waals surface area (Å²) in [6, 6.07) is 14.3. The molecule has 7 nitrogen and oxygen atoms in total. The topological polar surface area (TPSA) is 73.7 Å². The van der Waals surface area contributed by atoms with E-state index in [2.05, 4.69) is 5.10 Å². The van der Waals surface area contributed by atoms with Crippen molar-refractivity contribution in [2.75, 3.05) is 20.3 Å². The average Bonchev–Trinajstić information content (AvgIpc) is 3.16. The van der Waals surface area contributed by atoms with Crippen LogP contribution in [0, 0.1) is 0 Å². The molecule has 0 bridgehead atoms. The number of fused-ring (bicyclic) bond motifs is 1. The van der Waals surface area contributed by atoms with Crippen molar-refractivity contribution in [3.8, 4) is 17.2 Å². The molecule has 4 rings (SSSR count). The van der Waals surface area contributed by atoms with E-state index in [1.807, 2.05) is 36.5 Å². The second-order valence-corrected chi connectivity index (χ2v) is 8.24. The van der Waals surface area contributed by atoms with E-state index < -0.39 is 10.0 Å². The highest BCUT2D eigenvalue weighted by molar-refractivity contribution is 7.89. The Kier molecular flexibility index (Phi) is 4.59. The molecule has 8 heteroatoms. The first-order valence-corrected chi connectivity index (χ1v) is 9.93. The number of sulfonamides is 1. The van der Waals surface area contributed by atoms with E-state index in [1.165, 1.54) is 16.4 Å². The van der Waals surface area contributed by atoms with E-state index in [9.17, 15) is 8.42 Å². The number of hydrogen-bond acceptors (Lipinski definition) is 5. The molecule has 0 aliphatic carbocycles. The van der Waals surface area contributed by atoms with E-state index in [4.69, 9.17) is 9.47 Å². The van der Waals surface area contributed by atoms with Crippen molar-refractivity contribution in [3.63, 3.8) is 0 Å². The minimum absolute atomic E-state index is 0.171. The van der Waals surface area contributed by atoms with Gasteiger partial charge in [0.05, 0.1) is 16.8 Å². The fourth-order valence-electron chi connectivity index (χ4n) is 2.87. The Balaban J connectivity index is 1.54. The summed E-state index contributed by atoms with van der Waals surface area (Å²) in [6.45, 7) is 1.08. The molecule has 3 aromatic rings. The van der Waals surface area contributed by atoms with Gasteiger partial charge in [-0.2, -0.15) is 9.40 Å². The fraction of sp³-hybridized carbons (Fsp3) is 0.211. The summed E-state index contributed by atoms with van der Waals surface area (Å²) in [4.78, 5) is 0.171. The van der Waals surface area contributed by atoms with Gasteiger partial charge in [0.15, 0.2) is 11.5 Å². The predicted molar refractivity (Wildman–Crippen MR) is 99.6 cm³/mol. The Hall–Kier alpha value is -2.84. The molecule has 1 aliphatic rings. The maximum absolute atomic E-state index is 12.9. The zero-order valence-corrected chi connectivity index (χ0v) is 15.6. The fourth-order valence-corrected chi connectivity index (χ4v) is 4.04. The second kappa shape index (κ2) is 7.05. The lowest BCUT2D eigenvalue weighted by atomic mass is 10.3. The highest BCUT2D eigenvalue weighted by Gasteiger charge is 2.24. The molecule has 2 heterocycles. The Labute approximate surface area is 157 Å². The second-order valence-electron chi connectivity index (χ2n) is 6.20. The van der Waals surface area contributed by atoms with Gasteiger partial charge in [-0.25, -0.2) is 13.1 Å². The number of rotatable bonds is 5. The van der Waals surface area contributed by atoms with Crippen LogP contribution in [0.25, 0.3) is 5.69 Å². The Morgan fingerprint density at radius 2 is 1.81 bits per heavy atom. The highest BCUT2D eigenvalue weighted by Crippen LogP contribution is 2.33. The molecular weight excluding hydrogens is 366 g/mol. The van der Waals surface area contributed by atoms with Crippen LogP contribution in [0.5, 0.6) is 11.5 Å². The SMILES string of the molecule is CN(Cc1cnn(-c2ccccc2)c1)S(=O)(=O)c1ccc2c(c1)OCCO2. The standard InChI is InChI=1S/C19H19N3O4S/c1-21(13-15-12-20-22(14-15)16-5-3-2-4-6-16)27(23,24)17-7-8-18-19(11-17)26-10-9-25-18/h2-8,11-12,14H,9-10,13H2,1H3. The van der Waals surface area contributed by atoms with Crippen LogP contribution in [0.4, 0.5) is 0 Å². The normalized spacial score (nSPS) is 13.7. The van der Waals surface area contributed by atoms with Gasteiger partial charge in [-0.1, -0.05) is 18.2 Å². The molecule has 2 aromatic carbocycles. The average molecular weight is 385 g/mol. The predicted octanol–water partition coefficient (Wildman–Crippen LogP) is 2.46. The molecule has 0 atom stereocenters. The highest BCUT2D eigenvalue weighted by atomic mass is 32.2. The van der Waals surface area contributed by atoms with Crippen molar-refractivity contribution in [2.45, 2.75) is 11.4 Å². The Morgan fingerprint density at radius 1 is 1.07 bits per heavy atom. The van der Waals surface area contributed by atoms with Gasteiger partial charge in [0.2, 0.25) is 10.0 Å². The number of aromatic nitrogens is 2. The van der Waals surface area contributed by atoms with Gasteiger partial charge in [0.1, 0.15) is 13.2 Å². The number of benzene rings is 2. The molecule has 0 unspecified atom stereocenters. The van der Waals surface area contributed by atoms with Crippen molar-refractivity contribution in [1.29, 1.82) is 0 Å². The number of para-hydroxylation sites is 1. The first kappa shape index (κ1) is 17.6. The first-order chi connectivity index (χ1) is 13.0. The van der Waals surface area contributed by atoms with Crippen molar-refractivity contribution < 1.29 is 17.9 Å². The summed E-state index contributed by atoms with van der Waals surface area (Å²) in [7, 11) is -2.12. The zero-order chi connectivity index (χ0) is 18.9. The largest absolute Gasteiger partial charge is 0.486 e. The molecule has 1 aliphatic heterocycles. The minimum atomic E-state index is -3.67. The van der Waals surface area contributed by atoms with Crippen LogP contribution in [0.3, 0.4) is 0 Å². The van der Waals surface area contributed by atoms with E-state index in [-0.39, 0.29) is 11.4 Å². The van der Waals surface area contributed by atoms with Crippen molar-refractivity contribution >= 4 is 10.0 Å². The van der Waals surface area contributed by atoms with Crippen molar-refractivity contribution in [1.82, 2.24) is 14.1 Å². The number of nitrogens with zero attached hydrogens (tertiary/aromatic N) is 3. The van der Waals surface area contributed by atoms with Crippen LogP contribution >= 0.6 is 0 Å². The van der Waals surface area contributed by atoms with E-state index in [0.29, 0.717) is 24.7 Å². The zero-order valence-electron chi connectivity index (χ0n) is 14.8. The molecule has 0 amide bonds. The lowest BCUT2D eigenvalue weighted by molar-refractivity contribution is 0.171. The third kappa shape index (κ3) is 3.54.